The molecule has 6 heteroatoms. The smallest absolute Gasteiger partial charge is 0.338 e. The molecule has 0 aliphatic heterocycles. The predicted molar refractivity (Wildman–Crippen MR) is 78.4 cm³/mol. The molecule has 0 aliphatic carbocycles. The van der Waals surface area contributed by atoms with Crippen molar-refractivity contribution in [3.63, 3.8) is 0 Å². The highest BCUT2D eigenvalue weighted by Gasteiger charge is 2.15. The van der Waals surface area contributed by atoms with E-state index in [1.54, 1.807) is 0 Å². The summed E-state index contributed by atoms with van der Waals surface area (Å²) in [5.74, 6) is -0.422. The number of hydrogen-bond acceptors (Lipinski definition) is 4. The van der Waals surface area contributed by atoms with Crippen LogP contribution in [0.3, 0.4) is 0 Å². The first-order valence-electron chi connectivity index (χ1n) is 6.42. The molecule has 0 aromatic carbocycles. The molecule has 21 heavy (non-hydrogen) atoms. The molecular formula is C15H17N3O3. The highest BCUT2D eigenvalue weighted by Crippen LogP contribution is 2.15. The van der Waals surface area contributed by atoms with Crippen LogP contribution < -0.4 is 5.32 Å². The molecule has 0 saturated carbocycles. The summed E-state index contributed by atoms with van der Waals surface area (Å²) in [5.41, 5.74) is 2.78. The number of hydrogen-bond donors (Lipinski definition) is 1. The van der Waals surface area contributed by atoms with Crippen LogP contribution in [0.25, 0.3) is 0 Å². The third-order valence-corrected chi connectivity index (χ3v) is 3.44. The minimum atomic E-state index is -0.473. The van der Waals surface area contributed by atoms with Crippen molar-refractivity contribution < 1.29 is 14.3 Å². The number of rotatable bonds is 3. The van der Waals surface area contributed by atoms with Gasteiger partial charge in [-0.2, -0.15) is 0 Å². The Balaban J connectivity index is 2.23. The lowest BCUT2D eigenvalue weighted by molar-refractivity contribution is 0.0600. The summed E-state index contributed by atoms with van der Waals surface area (Å²) in [6.07, 6.45) is 1.45. The normalized spacial score (nSPS) is 10.3. The number of anilines is 1. The lowest BCUT2D eigenvalue weighted by Gasteiger charge is -2.06. The lowest BCUT2D eigenvalue weighted by atomic mass is 10.2. The highest BCUT2D eigenvalue weighted by atomic mass is 16.5. The van der Waals surface area contributed by atoms with E-state index >= 15 is 0 Å². The van der Waals surface area contributed by atoms with E-state index in [1.165, 1.54) is 25.4 Å². The highest BCUT2D eigenvalue weighted by molar-refractivity contribution is 6.05. The summed E-state index contributed by atoms with van der Waals surface area (Å²) >= 11 is 0. The maximum absolute atomic E-state index is 12.3. The summed E-state index contributed by atoms with van der Waals surface area (Å²) in [4.78, 5) is 27.8. The SMILES string of the molecule is COC(=O)c1ccnc(NC(=O)c2cc(C)n(C)c2C)c1. The number of amides is 1. The van der Waals surface area contributed by atoms with Crippen molar-refractivity contribution in [2.24, 2.45) is 7.05 Å². The van der Waals surface area contributed by atoms with Crippen LogP contribution in [0.15, 0.2) is 24.4 Å². The van der Waals surface area contributed by atoms with E-state index in [0.29, 0.717) is 16.9 Å². The summed E-state index contributed by atoms with van der Waals surface area (Å²) < 4.78 is 6.57. The lowest BCUT2D eigenvalue weighted by Crippen LogP contribution is -2.14. The van der Waals surface area contributed by atoms with Gasteiger partial charge in [0.15, 0.2) is 0 Å². The molecule has 6 nitrogen and oxygen atoms in total. The molecule has 0 saturated heterocycles. The van der Waals surface area contributed by atoms with E-state index in [0.717, 1.165) is 11.4 Å². The topological polar surface area (TPSA) is 73.2 Å². The van der Waals surface area contributed by atoms with Gasteiger partial charge in [-0.05, 0) is 32.0 Å². The molecule has 0 atom stereocenters. The van der Waals surface area contributed by atoms with Crippen molar-refractivity contribution in [1.29, 1.82) is 0 Å². The molecule has 0 radical (unpaired) electrons. The molecule has 1 N–H and O–H groups in total. The van der Waals surface area contributed by atoms with Crippen molar-refractivity contribution in [3.8, 4) is 0 Å². The van der Waals surface area contributed by atoms with Gasteiger partial charge in [0.25, 0.3) is 5.91 Å². The molecular weight excluding hydrogens is 270 g/mol. The second kappa shape index (κ2) is 5.78. The quantitative estimate of drug-likeness (QED) is 0.877. The van der Waals surface area contributed by atoms with Crippen LogP contribution in [0, 0.1) is 13.8 Å². The molecule has 0 unspecified atom stereocenters. The molecule has 0 aliphatic rings. The van der Waals surface area contributed by atoms with Gasteiger partial charge in [-0.15, -0.1) is 0 Å². The first kappa shape index (κ1) is 14.8. The average molecular weight is 287 g/mol. The zero-order valence-corrected chi connectivity index (χ0v) is 12.4. The molecule has 110 valence electrons. The number of ether oxygens (including phenoxy) is 1. The Hall–Kier alpha value is -2.63. The zero-order valence-electron chi connectivity index (χ0n) is 12.4. The first-order valence-corrected chi connectivity index (χ1v) is 6.42. The van der Waals surface area contributed by atoms with Gasteiger partial charge in [0.2, 0.25) is 0 Å². The minimum Gasteiger partial charge on any atom is -0.465 e. The van der Waals surface area contributed by atoms with Gasteiger partial charge < -0.3 is 14.6 Å². The first-order chi connectivity index (χ1) is 9.93. The van der Waals surface area contributed by atoms with Crippen molar-refractivity contribution in [2.45, 2.75) is 13.8 Å². The van der Waals surface area contributed by atoms with Crippen LogP contribution in [0.2, 0.25) is 0 Å². The molecule has 2 aromatic heterocycles. The molecule has 2 aromatic rings. The van der Waals surface area contributed by atoms with E-state index in [2.05, 4.69) is 15.0 Å². The van der Waals surface area contributed by atoms with E-state index in [1.807, 2.05) is 31.5 Å². The number of aromatic nitrogens is 2. The summed E-state index contributed by atoms with van der Waals surface area (Å²) in [5, 5.41) is 2.69. The second-order valence-corrected chi connectivity index (χ2v) is 4.72. The van der Waals surface area contributed by atoms with Crippen LogP contribution in [0.1, 0.15) is 32.1 Å². The monoisotopic (exact) mass is 287 g/mol. The molecule has 0 bridgehead atoms. The minimum absolute atomic E-state index is 0.259. The van der Waals surface area contributed by atoms with Crippen molar-refractivity contribution >= 4 is 17.7 Å². The van der Waals surface area contributed by atoms with Crippen LogP contribution in [-0.2, 0) is 11.8 Å². The summed E-state index contributed by atoms with van der Waals surface area (Å²) in [7, 11) is 3.20. The molecule has 2 rings (SSSR count). The molecule has 2 heterocycles. The summed E-state index contributed by atoms with van der Waals surface area (Å²) in [6, 6.07) is 4.82. The van der Waals surface area contributed by atoms with E-state index in [4.69, 9.17) is 0 Å². The number of pyridine rings is 1. The van der Waals surface area contributed by atoms with Gasteiger partial charge in [-0.1, -0.05) is 0 Å². The maximum Gasteiger partial charge on any atom is 0.338 e. The van der Waals surface area contributed by atoms with Crippen molar-refractivity contribution in [1.82, 2.24) is 9.55 Å². The van der Waals surface area contributed by atoms with Gasteiger partial charge in [-0.3, -0.25) is 4.79 Å². The fraction of sp³-hybridized carbons (Fsp3) is 0.267. The Labute approximate surface area is 122 Å². The standard InChI is InChI=1S/C15H17N3O3/c1-9-7-12(10(2)18(9)3)14(19)17-13-8-11(5-6-16-13)15(20)21-4/h5-8H,1-4H3,(H,16,17,19). The van der Waals surface area contributed by atoms with Gasteiger partial charge in [0.1, 0.15) is 5.82 Å². The molecule has 0 spiro atoms. The van der Waals surface area contributed by atoms with Gasteiger partial charge in [0, 0.05) is 24.6 Å². The van der Waals surface area contributed by atoms with Crippen LogP contribution in [0.4, 0.5) is 5.82 Å². The van der Waals surface area contributed by atoms with Crippen molar-refractivity contribution in [2.75, 3.05) is 12.4 Å². The van der Waals surface area contributed by atoms with E-state index in [9.17, 15) is 9.59 Å². The number of aryl methyl sites for hydroxylation is 1. The van der Waals surface area contributed by atoms with Crippen LogP contribution in [-0.4, -0.2) is 28.5 Å². The average Bonchev–Trinajstić information content (AvgIpc) is 2.74. The van der Waals surface area contributed by atoms with E-state index < -0.39 is 5.97 Å². The van der Waals surface area contributed by atoms with Crippen LogP contribution >= 0.6 is 0 Å². The number of esters is 1. The Morgan fingerprint density at radius 1 is 1.29 bits per heavy atom. The number of nitrogens with zero attached hydrogens (tertiary/aromatic N) is 2. The van der Waals surface area contributed by atoms with Crippen molar-refractivity contribution in [3.05, 3.63) is 46.9 Å². The largest absolute Gasteiger partial charge is 0.465 e. The Morgan fingerprint density at radius 3 is 2.57 bits per heavy atom. The predicted octanol–water partition coefficient (Wildman–Crippen LogP) is 2.08. The number of carbonyl (C=O) groups excluding carboxylic acids is 2. The van der Waals surface area contributed by atoms with Gasteiger partial charge in [-0.25, -0.2) is 9.78 Å². The molecule has 1 amide bonds. The van der Waals surface area contributed by atoms with Crippen LogP contribution in [0.5, 0.6) is 0 Å². The maximum atomic E-state index is 12.3. The fourth-order valence-electron chi connectivity index (χ4n) is 2.01. The fourth-order valence-corrected chi connectivity index (χ4v) is 2.01. The zero-order chi connectivity index (χ0) is 15.6. The number of methoxy groups -OCH3 is 1. The van der Waals surface area contributed by atoms with Gasteiger partial charge in [0.05, 0.1) is 18.2 Å². The third kappa shape index (κ3) is 2.94. The third-order valence-electron chi connectivity index (χ3n) is 3.44. The van der Waals surface area contributed by atoms with E-state index in [-0.39, 0.29) is 5.91 Å². The second-order valence-electron chi connectivity index (χ2n) is 4.72. The summed E-state index contributed by atoms with van der Waals surface area (Å²) in [6.45, 7) is 3.81. The Morgan fingerprint density at radius 2 is 2.00 bits per heavy atom. The number of carbonyl (C=O) groups is 2. The Kier molecular flexibility index (Phi) is 4.07. The molecule has 0 fully saturated rings. The Bertz CT molecular complexity index is 704. The van der Waals surface area contributed by atoms with Gasteiger partial charge >= 0.3 is 5.97 Å². The number of nitrogens with one attached hydrogen (secondary N) is 1.